The monoisotopic (exact) mass is 358 g/mol. The second-order valence-electron chi connectivity index (χ2n) is 4.91. The van der Waals surface area contributed by atoms with Gasteiger partial charge in [-0.15, -0.1) is 0 Å². The van der Waals surface area contributed by atoms with E-state index in [1.54, 1.807) is 0 Å². The molecule has 25 heavy (non-hydrogen) atoms. The highest BCUT2D eigenvalue weighted by molar-refractivity contribution is 5.75. The van der Waals surface area contributed by atoms with Crippen LogP contribution >= 0.6 is 0 Å². The molecule has 0 aromatic heterocycles. The second kappa shape index (κ2) is 7.42. The summed E-state index contributed by atoms with van der Waals surface area (Å²) in [6.07, 6.45) is -4.97. The van der Waals surface area contributed by atoms with E-state index in [9.17, 15) is 26.3 Å². The van der Waals surface area contributed by atoms with E-state index in [0.717, 1.165) is 24.3 Å². The van der Waals surface area contributed by atoms with Crippen LogP contribution in [0, 0.1) is 0 Å². The molecule has 0 atom stereocenters. The number of nitrogens with one attached hydrogen (secondary N) is 1. The Bertz CT molecular complexity index is 775. The summed E-state index contributed by atoms with van der Waals surface area (Å²) in [4.78, 5) is 3.84. The summed E-state index contributed by atoms with van der Waals surface area (Å²) < 4.78 is 75.4. The van der Waals surface area contributed by atoms with E-state index in [0.29, 0.717) is 0 Å². The van der Waals surface area contributed by atoms with Gasteiger partial charge in [0.15, 0.2) is 0 Å². The van der Waals surface area contributed by atoms with E-state index in [2.05, 4.69) is 10.3 Å². The highest BCUT2D eigenvalue weighted by atomic mass is 19.4. The second-order valence-corrected chi connectivity index (χ2v) is 4.91. The van der Waals surface area contributed by atoms with E-state index in [4.69, 9.17) is 0 Å². The number of anilines is 1. The van der Waals surface area contributed by atoms with Crippen molar-refractivity contribution in [3.63, 3.8) is 0 Å². The Labute approximate surface area is 139 Å². The first-order valence-electron chi connectivity index (χ1n) is 6.96. The molecule has 1 N–H and O–H groups in total. The van der Waals surface area contributed by atoms with Gasteiger partial charge in [-0.1, -0.05) is 12.1 Å². The zero-order valence-electron chi connectivity index (χ0n) is 12.6. The summed E-state index contributed by atoms with van der Waals surface area (Å²) in [6, 6.07) is 9.06. The van der Waals surface area contributed by atoms with Gasteiger partial charge < -0.3 is 5.32 Å². The molecule has 132 valence electrons. The molecule has 2 nitrogen and oxygen atoms in total. The van der Waals surface area contributed by atoms with Crippen LogP contribution in [0.3, 0.4) is 0 Å². The fourth-order valence-corrected chi connectivity index (χ4v) is 1.86. The summed E-state index contributed by atoms with van der Waals surface area (Å²) in [5, 5.41) is 2.63. The van der Waals surface area contributed by atoms with Crippen LogP contribution in [0.2, 0.25) is 0 Å². The molecule has 0 saturated heterocycles. The van der Waals surface area contributed by atoms with Gasteiger partial charge in [0, 0.05) is 18.1 Å². The standard InChI is InChI=1S/C17H12F6N2/c18-16(19,20)12-4-1-6-14(10-12)24-8-3-9-25-15-7-2-5-13(11-15)17(21,22)23/h1-11,24H/b8-3+,25-9?. The van der Waals surface area contributed by atoms with Crippen LogP contribution in [0.25, 0.3) is 0 Å². The van der Waals surface area contributed by atoms with Gasteiger partial charge in [-0.3, -0.25) is 4.99 Å². The first kappa shape index (κ1) is 18.6. The van der Waals surface area contributed by atoms with E-state index in [1.807, 2.05) is 0 Å². The molecule has 0 saturated carbocycles. The Morgan fingerprint density at radius 2 is 1.40 bits per heavy atom. The van der Waals surface area contributed by atoms with Crippen LogP contribution in [-0.2, 0) is 12.4 Å². The lowest BCUT2D eigenvalue weighted by Crippen LogP contribution is -2.04. The van der Waals surface area contributed by atoms with Crippen molar-refractivity contribution in [2.75, 3.05) is 5.32 Å². The van der Waals surface area contributed by atoms with Gasteiger partial charge in [0.25, 0.3) is 0 Å². The van der Waals surface area contributed by atoms with Gasteiger partial charge >= 0.3 is 12.4 Å². The van der Waals surface area contributed by atoms with Gasteiger partial charge in [-0.05, 0) is 42.5 Å². The van der Waals surface area contributed by atoms with Crippen molar-refractivity contribution in [3.05, 3.63) is 71.9 Å². The van der Waals surface area contributed by atoms with Crippen LogP contribution in [0.5, 0.6) is 0 Å². The molecule has 0 spiro atoms. The third-order valence-electron chi connectivity index (χ3n) is 3.02. The molecular formula is C17H12F6N2. The van der Waals surface area contributed by atoms with Gasteiger partial charge in [-0.25, -0.2) is 0 Å². The molecular weight excluding hydrogens is 346 g/mol. The number of allylic oxidation sites excluding steroid dienone is 1. The smallest absolute Gasteiger partial charge is 0.362 e. The summed E-state index contributed by atoms with van der Waals surface area (Å²) in [5.74, 6) is 0. The Hall–Kier alpha value is -2.77. The predicted octanol–water partition coefficient (Wildman–Crippen LogP) is 6.05. The maximum Gasteiger partial charge on any atom is 0.416 e. The van der Waals surface area contributed by atoms with Gasteiger partial charge in [0.2, 0.25) is 0 Å². The lowest BCUT2D eigenvalue weighted by Gasteiger charge is -2.08. The number of alkyl halides is 6. The molecule has 0 aliphatic rings. The Morgan fingerprint density at radius 1 is 0.800 bits per heavy atom. The van der Waals surface area contributed by atoms with Crippen molar-refractivity contribution >= 4 is 17.6 Å². The molecule has 0 aliphatic heterocycles. The van der Waals surface area contributed by atoms with E-state index < -0.39 is 23.5 Å². The lowest BCUT2D eigenvalue weighted by atomic mass is 10.2. The average molecular weight is 358 g/mol. The topological polar surface area (TPSA) is 24.4 Å². The van der Waals surface area contributed by atoms with Crippen molar-refractivity contribution < 1.29 is 26.3 Å². The fraction of sp³-hybridized carbons (Fsp3) is 0.118. The largest absolute Gasteiger partial charge is 0.416 e. The van der Waals surface area contributed by atoms with Crippen molar-refractivity contribution in [1.82, 2.24) is 0 Å². The number of rotatable bonds is 4. The number of nitrogens with zero attached hydrogens (tertiary/aromatic N) is 1. The molecule has 0 radical (unpaired) electrons. The number of hydrogen-bond acceptors (Lipinski definition) is 2. The normalized spacial score (nSPS) is 12.9. The predicted molar refractivity (Wildman–Crippen MR) is 83.8 cm³/mol. The summed E-state index contributed by atoms with van der Waals surface area (Å²) >= 11 is 0. The van der Waals surface area contributed by atoms with Crippen LogP contribution < -0.4 is 5.32 Å². The van der Waals surface area contributed by atoms with E-state index in [1.165, 1.54) is 42.8 Å². The molecule has 0 fully saturated rings. The van der Waals surface area contributed by atoms with Crippen LogP contribution in [0.15, 0.2) is 65.8 Å². The molecule has 2 aromatic carbocycles. The summed E-state index contributed by atoms with van der Waals surface area (Å²) in [7, 11) is 0. The third-order valence-corrected chi connectivity index (χ3v) is 3.02. The molecule has 8 heteroatoms. The van der Waals surface area contributed by atoms with Crippen LogP contribution in [-0.4, -0.2) is 6.21 Å². The number of hydrogen-bond donors (Lipinski definition) is 1. The molecule has 0 aliphatic carbocycles. The molecule has 0 unspecified atom stereocenters. The molecule has 2 aromatic rings. The summed E-state index contributed by atoms with van der Waals surface area (Å²) in [5.41, 5.74) is -1.27. The Balaban J connectivity index is 1.99. The first-order valence-corrected chi connectivity index (χ1v) is 6.96. The van der Waals surface area contributed by atoms with Crippen LogP contribution in [0.1, 0.15) is 11.1 Å². The first-order chi connectivity index (χ1) is 11.7. The van der Waals surface area contributed by atoms with Crippen LogP contribution in [0.4, 0.5) is 37.7 Å². The van der Waals surface area contributed by atoms with Gasteiger partial charge in [-0.2, -0.15) is 26.3 Å². The number of benzene rings is 2. The van der Waals surface area contributed by atoms with Crippen molar-refractivity contribution in [3.8, 4) is 0 Å². The molecule has 2 rings (SSSR count). The minimum atomic E-state index is -4.45. The Morgan fingerprint density at radius 3 is 2.04 bits per heavy atom. The number of halogens is 6. The average Bonchev–Trinajstić information content (AvgIpc) is 2.53. The quantitative estimate of drug-likeness (QED) is 0.522. The minimum absolute atomic E-state index is 0.110. The fourth-order valence-electron chi connectivity index (χ4n) is 1.86. The lowest BCUT2D eigenvalue weighted by molar-refractivity contribution is -0.138. The van der Waals surface area contributed by atoms with Gasteiger partial charge in [0.1, 0.15) is 0 Å². The maximum absolute atomic E-state index is 12.6. The zero-order chi connectivity index (χ0) is 18.5. The third kappa shape index (κ3) is 5.66. The summed E-state index contributed by atoms with van der Waals surface area (Å²) in [6.45, 7) is 0. The minimum Gasteiger partial charge on any atom is -0.362 e. The molecule has 0 amide bonds. The highest BCUT2D eigenvalue weighted by Crippen LogP contribution is 2.31. The van der Waals surface area contributed by atoms with Crippen molar-refractivity contribution in [1.29, 1.82) is 0 Å². The SMILES string of the molecule is FC(F)(F)c1cccc(N=C/C=C/Nc2cccc(C(F)(F)F)c2)c1. The van der Waals surface area contributed by atoms with E-state index in [-0.39, 0.29) is 11.4 Å². The molecule has 0 heterocycles. The Kier molecular flexibility index (Phi) is 5.51. The van der Waals surface area contributed by atoms with Crippen molar-refractivity contribution in [2.45, 2.75) is 12.4 Å². The van der Waals surface area contributed by atoms with E-state index >= 15 is 0 Å². The van der Waals surface area contributed by atoms with Gasteiger partial charge in [0.05, 0.1) is 16.8 Å². The number of aliphatic imine (C=N–C) groups is 1. The highest BCUT2D eigenvalue weighted by Gasteiger charge is 2.31. The van der Waals surface area contributed by atoms with Crippen molar-refractivity contribution in [2.24, 2.45) is 4.99 Å². The molecule has 0 bridgehead atoms. The zero-order valence-corrected chi connectivity index (χ0v) is 12.6. The maximum atomic E-state index is 12.6.